The van der Waals surface area contributed by atoms with Crippen LogP contribution in [0, 0.1) is 12.3 Å². The zero-order chi connectivity index (χ0) is 7.11. The average Bonchev–Trinajstić information content (AvgIpc) is 1.91. The summed E-state index contributed by atoms with van der Waals surface area (Å²) in [6, 6.07) is 0. The van der Waals surface area contributed by atoms with Gasteiger partial charge in [0.15, 0.2) is 0 Å². The molecule has 0 aromatic rings. The van der Waals surface area contributed by atoms with E-state index in [1.807, 2.05) is 0 Å². The summed E-state index contributed by atoms with van der Waals surface area (Å²) in [4.78, 5) is 0. The van der Waals surface area contributed by atoms with Gasteiger partial charge < -0.3 is 4.74 Å². The molecule has 1 atom stereocenters. The lowest BCUT2D eigenvalue weighted by Crippen LogP contribution is -2.05. The van der Waals surface area contributed by atoms with E-state index in [-0.39, 0.29) is 6.10 Å². The molecule has 1 unspecified atom stereocenters. The number of hydrogen-bond donors (Lipinski definition) is 0. The average molecular weight is 126 g/mol. The van der Waals surface area contributed by atoms with Crippen molar-refractivity contribution in [1.29, 1.82) is 0 Å². The van der Waals surface area contributed by atoms with E-state index >= 15 is 0 Å². The quantitative estimate of drug-likeness (QED) is 0.522. The summed E-state index contributed by atoms with van der Waals surface area (Å²) in [6.07, 6.45) is 8.51. The van der Waals surface area contributed by atoms with Gasteiger partial charge in [-0.2, -0.15) is 0 Å². The molecule has 0 saturated heterocycles. The number of rotatable bonds is 4. The summed E-state index contributed by atoms with van der Waals surface area (Å²) in [5.41, 5.74) is 0. The zero-order valence-corrected chi connectivity index (χ0v) is 6.18. The Balaban J connectivity index is 3.23. The molecule has 0 spiro atoms. The van der Waals surface area contributed by atoms with Crippen LogP contribution in [0.4, 0.5) is 0 Å². The van der Waals surface area contributed by atoms with Crippen LogP contribution in [-0.4, -0.2) is 13.2 Å². The van der Waals surface area contributed by atoms with Crippen molar-refractivity contribution in [2.75, 3.05) is 7.11 Å². The van der Waals surface area contributed by atoms with Crippen molar-refractivity contribution >= 4 is 0 Å². The van der Waals surface area contributed by atoms with Crippen molar-refractivity contribution in [2.45, 2.75) is 32.3 Å². The Kier molecular flexibility index (Phi) is 5.35. The fraction of sp³-hybridized carbons (Fsp3) is 0.750. The highest BCUT2D eigenvalue weighted by Gasteiger charge is 1.98. The predicted octanol–water partition coefficient (Wildman–Crippen LogP) is 1.82. The van der Waals surface area contributed by atoms with Crippen LogP contribution in [0.1, 0.15) is 26.2 Å². The lowest BCUT2D eigenvalue weighted by Gasteiger charge is -2.05. The first-order valence-corrected chi connectivity index (χ1v) is 3.34. The van der Waals surface area contributed by atoms with Crippen LogP contribution in [0.15, 0.2) is 0 Å². The number of methoxy groups -OCH3 is 1. The van der Waals surface area contributed by atoms with Crippen molar-refractivity contribution in [3.05, 3.63) is 0 Å². The summed E-state index contributed by atoms with van der Waals surface area (Å²) < 4.78 is 4.97. The van der Waals surface area contributed by atoms with Gasteiger partial charge in [-0.15, -0.1) is 6.42 Å². The van der Waals surface area contributed by atoms with Crippen molar-refractivity contribution in [2.24, 2.45) is 0 Å². The van der Waals surface area contributed by atoms with Gasteiger partial charge in [0.05, 0.1) is 0 Å². The Morgan fingerprint density at radius 3 is 2.67 bits per heavy atom. The van der Waals surface area contributed by atoms with Crippen molar-refractivity contribution in [3.63, 3.8) is 0 Å². The van der Waals surface area contributed by atoms with Crippen LogP contribution < -0.4 is 0 Å². The molecule has 0 N–H and O–H groups in total. The van der Waals surface area contributed by atoms with Gasteiger partial charge in [-0.3, -0.25) is 0 Å². The van der Waals surface area contributed by atoms with Gasteiger partial charge in [-0.1, -0.05) is 25.7 Å². The molecule has 0 fully saturated rings. The lowest BCUT2D eigenvalue weighted by atomic mass is 10.2. The molecule has 1 heteroatoms. The first-order valence-electron chi connectivity index (χ1n) is 3.34. The molecular formula is C8H14O. The topological polar surface area (TPSA) is 9.23 Å². The number of terminal acetylenes is 1. The Morgan fingerprint density at radius 2 is 2.33 bits per heavy atom. The molecule has 0 rings (SSSR count). The van der Waals surface area contributed by atoms with Crippen molar-refractivity contribution < 1.29 is 4.74 Å². The first kappa shape index (κ1) is 8.52. The Labute approximate surface area is 57.4 Å². The number of ether oxygens (including phenoxy) is 1. The van der Waals surface area contributed by atoms with E-state index in [4.69, 9.17) is 11.2 Å². The van der Waals surface area contributed by atoms with E-state index < -0.39 is 0 Å². The molecule has 0 saturated carbocycles. The highest BCUT2D eigenvalue weighted by molar-refractivity contribution is 4.93. The Morgan fingerprint density at radius 1 is 1.67 bits per heavy atom. The summed E-state index contributed by atoms with van der Waals surface area (Å²) in [5.74, 6) is 2.56. The second-order valence-corrected chi connectivity index (χ2v) is 2.03. The molecule has 0 heterocycles. The van der Waals surface area contributed by atoms with Gasteiger partial charge in [0, 0.05) is 7.11 Å². The van der Waals surface area contributed by atoms with E-state index in [1.54, 1.807) is 7.11 Å². The van der Waals surface area contributed by atoms with Gasteiger partial charge in [0.25, 0.3) is 0 Å². The maximum absolute atomic E-state index is 5.15. The largest absolute Gasteiger partial charge is 0.369 e. The van der Waals surface area contributed by atoms with Gasteiger partial charge in [0.1, 0.15) is 6.10 Å². The fourth-order valence-corrected chi connectivity index (χ4v) is 0.659. The molecule has 0 amide bonds. The lowest BCUT2D eigenvalue weighted by molar-refractivity contribution is 0.139. The van der Waals surface area contributed by atoms with Gasteiger partial charge in [-0.05, 0) is 6.42 Å². The van der Waals surface area contributed by atoms with Crippen LogP contribution in [-0.2, 0) is 4.74 Å². The van der Waals surface area contributed by atoms with Crippen LogP contribution >= 0.6 is 0 Å². The molecule has 0 bridgehead atoms. The minimum atomic E-state index is 0.0324. The van der Waals surface area contributed by atoms with E-state index in [2.05, 4.69) is 12.8 Å². The van der Waals surface area contributed by atoms with Crippen LogP contribution in [0.3, 0.4) is 0 Å². The molecule has 0 aliphatic rings. The normalized spacial score (nSPS) is 12.6. The van der Waals surface area contributed by atoms with Crippen LogP contribution in [0.5, 0.6) is 0 Å². The van der Waals surface area contributed by atoms with Crippen LogP contribution in [0.2, 0.25) is 0 Å². The summed E-state index contributed by atoms with van der Waals surface area (Å²) in [5, 5.41) is 0. The standard InChI is InChI=1S/C8H14O/c1-4-6-7-8(5-2)9-3/h2,8H,4,6-7H2,1,3H3. The maximum atomic E-state index is 5.15. The second-order valence-electron chi connectivity index (χ2n) is 2.03. The monoisotopic (exact) mass is 126 g/mol. The maximum Gasteiger partial charge on any atom is 0.117 e. The molecule has 1 nitrogen and oxygen atoms in total. The molecule has 9 heavy (non-hydrogen) atoms. The Bertz CT molecular complexity index is 91.2. The van der Waals surface area contributed by atoms with E-state index in [0.29, 0.717) is 0 Å². The molecule has 0 aromatic carbocycles. The third-order valence-corrected chi connectivity index (χ3v) is 1.29. The summed E-state index contributed by atoms with van der Waals surface area (Å²) in [6.45, 7) is 2.14. The van der Waals surface area contributed by atoms with E-state index in [0.717, 1.165) is 12.8 Å². The number of unbranched alkanes of at least 4 members (excludes halogenated alkanes) is 1. The number of hydrogen-bond acceptors (Lipinski definition) is 1. The van der Waals surface area contributed by atoms with Gasteiger partial charge in [0.2, 0.25) is 0 Å². The molecule has 0 aliphatic heterocycles. The minimum absolute atomic E-state index is 0.0324. The first-order chi connectivity index (χ1) is 4.35. The minimum Gasteiger partial charge on any atom is -0.369 e. The highest BCUT2D eigenvalue weighted by Crippen LogP contribution is 2.01. The SMILES string of the molecule is C#CC(CCCC)OC. The third kappa shape index (κ3) is 4.05. The molecule has 0 radical (unpaired) electrons. The van der Waals surface area contributed by atoms with E-state index in [1.165, 1.54) is 6.42 Å². The summed E-state index contributed by atoms with van der Waals surface area (Å²) in [7, 11) is 1.65. The predicted molar refractivity (Wildman–Crippen MR) is 39.2 cm³/mol. The third-order valence-electron chi connectivity index (χ3n) is 1.29. The second kappa shape index (κ2) is 5.65. The van der Waals surface area contributed by atoms with Crippen molar-refractivity contribution in [1.82, 2.24) is 0 Å². The van der Waals surface area contributed by atoms with E-state index in [9.17, 15) is 0 Å². The van der Waals surface area contributed by atoms with Crippen LogP contribution in [0.25, 0.3) is 0 Å². The molecular weight excluding hydrogens is 112 g/mol. The highest BCUT2D eigenvalue weighted by atomic mass is 16.5. The molecule has 0 aliphatic carbocycles. The molecule has 52 valence electrons. The fourth-order valence-electron chi connectivity index (χ4n) is 0.659. The van der Waals surface area contributed by atoms with Gasteiger partial charge >= 0.3 is 0 Å². The Hall–Kier alpha value is -0.480. The smallest absolute Gasteiger partial charge is 0.117 e. The zero-order valence-electron chi connectivity index (χ0n) is 6.18. The van der Waals surface area contributed by atoms with Crippen molar-refractivity contribution in [3.8, 4) is 12.3 Å². The summed E-state index contributed by atoms with van der Waals surface area (Å²) >= 11 is 0. The van der Waals surface area contributed by atoms with Gasteiger partial charge in [-0.25, -0.2) is 0 Å². The molecule has 0 aromatic heterocycles.